The van der Waals surface area contributed by atoms with E-state index in [4.69, 9.17) is 9.47 Å². The summed E-state index contributed by atoms with van der Waals surface area (Å²) in [5.41, 5.74) is -4.60. The normalized spacial score (nSPS) is 10.6. The van der Waals surface area contributed by atoms with Crippen LogP contribution in [0, 0.1) is 0 Å². The van der Waals surface area contributed by atoms with Gasteiger partial charge in [-0.15, -0.1) is 0 Å². The fourth-order valence-electron chi connectivity index (χ4n) is 1.34. The van der Waals surface area contributed by atoms with E-state index in [2.05, 4.69) is 17.9 Å². The zero-order valence-corrected chi connectivity index (χ0v) is 15.0. The molecule has 11 heteroatoms. The zero-order valence-electron chi connectivity index (χ0n) is 14.1. The lowest BCUT2D eigenvalue weighted by atomic mass is 10.3. The molecule has 0 aliphatic heterocycles. The Bertz CT molecular complexity index is 745. The Balaban J connectivity index is 3.04. The van der Waals surface area contributed by atoms with Crippen LogP contribution >= 0.6 is 11.9 Å². The Morgan fingerprint density at radius 2 is 1.26 bits per heavy atom. The van der Waals surface area contributed by atoms with Gasteiger partial charge in [0.1, 0.15) is 17.2 Å². The fourth-order valence-corrected chi connectivity index (χ4v) is 1.58. The third kappa shape index (κ3) is 8.31. The maximum absolute atomic E-state index is 12.1. The molecule has 0 fully saturated rings. The molecule has 0 bridgehead atoms. The quantitative estimate of drug-likeness (QED) is 0.332. The third-order valence-electron chi connectivity index (χ3n) is 2.43. The monoisotopic (exact) mass is 405 g/mol. The molecule has 0 spiro atoms. The second-order valence-corrected chi connectivity index (χ2v) is 5.89. The van der Waals surface area contributed by atoms with Crippen molar-refractivity contribution in [2.45, 2.75) is 19.4 Å². The number of alkyl halides is 3. The lowest BCUT2D eigenvalue weighted by molar-refractivity contribution is -0.130. The Kier molecular flexibility index (Phi) is 7.46. The molecular formula is C16H14F3NO6S. The van der Waals surface area contributed by atoms with E-state index in [-0.39, 0.29) is 28.4 Å². The summed E-state index contributed by atoms with van der Waals surface area (Å²) < 4.78 is 52.2. The molecule has 1 aromatic carbocycles. The van der Waals surface area contributed by atoms with Gasteiger partial charge in [0, 0.05) is 29.3 Å². The molecule has 0 aromatic heterocycles. The average molecular weight is 405 g/mol. The van der Waals surface area contributed by atoms with Gasteiger partial charge in [0.05, 0.1) is 11.9 Å². The second-order valence-electron chi connectivity index (χ2n) is 5.02. The molecule has 0 radical (unpaired) electrons. The predicted octanol–water partition coefficient (Wildman–Crippen LogP) is 3.91. The molecule has 27 heavy (non-hydrogen) atoms. The van der Waals surface area contributed by atoms with Gasteiger partial charge in [0.15, 0.2) is 0 Å². The van der Waals surface area contributed by atoms with Gasteiger partial charge in [-0.3, -0.25) is 4.72 Å². The molecule has 146 valence electrons. The predicted molar refractivity (Wildman–Crippen MR) is 90.1 cm³/mol. The van der Waals surface area contributed by atoms with Gasteiger partial charge in [-0.25, -0.2) is 14.4 Å². The Morgan fingerprint density at radius 3 is 1.59 bits per heavy atom. The van der Waals surface area contributed by atoms with E-state index in [9.17, 15) is 27.6 Å². The fraction of sp³-hybridized carbons (Fsp3) is 0.188. The van der Waals surface area contributed by atoms with E-state index in [0.717, 1.165) is 18.2 Å². The SMILES string of the molecule is C=C(C)C(=O)Oc1cc(OC(=O)NSC(F)(F)F)cc(OC(=O)C(=C)C)c1. The number of halogens is 3. The van der Waals surface area contributed by atoms with Crippen molar-refractivity contribution < 1.29 is 41.8 Å². The maximum Gasteiger partial charge on any atom is 0.461 e. The highest BCUT2D eigenvalue weighted by atomic mass is 32.2. The number of ether oxygens (including phenoxy) is 3. The maximum atomic E-state index is 12.1. The summed E-state index contributed by atoms with van der Waals surface area (Å²) in [6, 6.07) is 3.21. The Hall–Kier alpha value is -2.95. The summed E-state index contributed by atoms with van der Waals surface area (Å²) in [4.78, 5) is 34.7. The van der Waals surface area contributed by atoms with Gasteiger partial charge >= 0.3 is 23.5 Å². The highest BCUT2D eigenvalue weighted by Crippen LogP contribution is 2.30. The first kappa shape index (κ1) is 22.1. The minimum Gasteiger partial charge on any atom is -0.423 e. The molecule has 1 amide bonds. The van der Waals surface area contributed by atoms with Gasteiger partial charge in [0.25, 0.3) is 0 Å². The lowest BCUT2D eigenvalue weighted by Crippen LogP contribution is -2.24. The highest BCUT2D eigenvalue weighted by molar-refractivity contribution is 7.98. The number of hydrogen-bond donors (Lipinski definition) is 1. The van der Waals surface area contributed by atoms with Crippen molar-refractivity contribution in [3.63, 3.8) is 0 Å². The van der Waals surface area contributed by atoms with E-state index >= 15 is 0 Å². The Labute approximate surface area is 156 Å². The molecule has 0 aliphatic rings. The van der Waals surface area contributed by atoms with Crippen LogP contribution in [0.5, 0.6) is 17.2 Å². The molecule has 0 saturated heterocycles. The number of benzene rings is 1. The third-order valence-corrected chi connectivity index (χ3v) is 2.93. The average Bonchev–Trinajstić information content (AvgIpc) is 2.51. The van der Waals surface area contributed by atoms with E-state index in [1.807, 2.05) is 0 Å². The minimum absolute atomic E-state index is 0.0566. The number of hydrogen-bond acceptors (Lipinski definition) is 7. The van der Waals surface area contributed by atoms with Crippen LogP contribution in [0.15, 0.2) is 42.5 Å². The van der Waals surface area contributed by atoms with E-state index in [0.29, 0.717) is 0 Å². The van der Waals surface area contributed by atoms with Gasteiger partial charge in [-0.05, 0) is 13.8 Å². The molecule has 0 unspecified atom stereocenters. The second kappa shape index (κ2) is 9.12. The highest BCUT2D eigenvalue weighted by Gasteiger charge is 2.30. The van der Waals surface area contributed by atoms with Gasteiger partial charge < -0.3 is 14.2 Å². The summed E-state index contributed by atoms with van der Waals surface area (Å²) in [5, 5.41) is 0. The number of amides is 1. The summed E-state index contributed by atoms with van der Waals surface area (Å²) in [7, 11) is 0. The molecule has 1 aromatic rings. The van der Waals surface area contributed by atoms with Crippen molar-refractivity contribution in [3.8, 4) is 17.2 Å². The van der Waals surface area contributed by atoms with Crippen LogP contribution in [0.1, 0.15) is 13.8 Å². The van der Waals surface area contributed by atoms with Crippen molar-refractivity contribution >= 4 is 30.0 Å². The van der Waals surface area contributed by atoms with Crippen LogP contribution < -0.4 is 18.9 Å². The van der Waals surface area contributed by atoms with Gasteiger partial charge in [-0.2, -0.15) is 13.2 Å². The van der Waals surface area contributed by atoms with Crippen molar-refractivity contribution in [2.75, 3.05) is 0 Å². The number of esters is 2. The summed E-state index contributed by atoms with van der Waals surface area (Å²) >= 11 is -0.820. The van der Waals surface area contributed by atoms with Crippen molar-refractivity contribution in [1.82, 2.24) is 4.72 Å². The van der Waals surface area contributed by atoms with Crippen LogP contribution in [0.2, 0.25) is 0 Å². The topological polar surface area (TPSA) is 90.9 Å². The molecule has 1 N–H and O–H groups in total. The zero-order chi connectivity index (χ0) is 20.8. The molecule has 0 atom stereocenters. The molecule has 0 heterocycles. The molecular weight excluding hydrogens is 391 g/mol. The van der Waals surface area contributed by atoms with Crippen molar-refractivity contribution in [2.24, 2.45) is 0 Å². The molecule has 0 saturated carbocycles. The smallest absolute Gasteiger partial charge is 0.423 e. The van der Waals surface area contributed by atoms with Crippen LogP contribution in [-0.4, -0.2) is 23.5 Å². The van der Waals surface area contributed by atoms with Crippen molar-refractivity contribution in [1.29, 1.82) is 0 Å². The van der Waals surface area contributed by atoms with Gasteiger partial charge in [-0.1, -0.05) is 13.2 Å². The van der Waals surface area contributed by atoms with Gasteiger partial charge in [0.2, 0.25) is 0 Å². The van der Waals surface area contributed by atoms with E-state index < -0.39 is 35.5 Å². The summed E-state index contributed by atoms with van der Waals surface area (Å²) in [5.74, 6) is -2.36. The first-order valence-corrected chi connectivity index (χ1v) is 7.82. The molecule has 7 nitrogen and oxygen atoms in total. The molecule has 1 rings (SSSR count). The first-order chi connectivity index (χ1) is 12.4. The van der Waals surface area contributed by atoms with E-state index in [1.54, 1.807) is 0 Å². The largest absolute Gasteiger partial charge is 0.461 e. The lowest BCUT2D eigenvalue weighted by Gasteiger charge is -2.11. The number of nitrogens with one attached hydrogen (secondary N) is 1. The number of rotatable bonds is 6. The number of carbonyl (C=O) groups is 3. The first-order valence-electron chi connectivity index (χ1n) is 7.00. The summed E-state index contributed by atoms with van der Waals surface area (Å²) in [6.45, 7) is 9.54. The van der Waals surface area contributed by atoms with Crippen LogP contribution in [0.3, 0.4) is 0 Å². The van der Waals surface area contributed by atoms with Crippen molar-refractivity contribution in [3.05, 3.63) is 42.5 Å². The number of carbonyl (C=O) groups excluding carboxylic acids is 3. The molecule has 0 aliphatic carbocycles. The van der Waals surface area contributed by atoms with Crippen LogP contribution in [-0.2, 0) is 9.59 Å². The van der Waals surface area contributed by atoms with Crippen LogP contribution in [0.4, 0.5) is 18.0 Å². The van der Waals surface area contributed by atoms with Crippen LogP contribution in [0.25, 0.3) is 0 Å². The standard InChI is InChI=1S/C16H14F3NO6S/c1-8(2)13(21)24-10-5-11(25-14(22)9(3)4)7-12(6-10)26-15(23)20-27-16(17,18)19/h5-7H,1,3H2,2,4H3,(H,20,23). The Morgan fingerprint density at radius 1 is 0.889 bits per heavy atom. The van der Waals surface area contributed by atoms with E-state index in [1.165, 1.54) is 18.6 Å². The summed E-state index contributed by atoms with van der Waals surface area (Å²) in [6.07, 6.45) is -1.45. The minimum atomic E-state index is -4.71.